The van der Waals surface area contributed by atoms with Gasteiger partial charge in [0.05, 0.1) is 17.1 Å². The zero-order chi connectivity index (χ0) is 18.7. The number of hydrogen-bond donors (Lipinski definition) is 1. The van der Waals surface area contributed by atoms with Gasteiger partial charge in [0.1, 0.15) is 5.82 Å². The van der Waals surface area contributed by atoms with Crippen LogP contribution in [-0.2, 0) is 0 Å². The Balaban J connectivity index is 1.33. The number of aromatic amines is 1. The smallest absolute Gasteiger partial charge is 0.119 e. The Morgan fingerprint density at radius 3 is 2.50 bits per heavy atom. The van der Waals surface area contributed by atoms with Crippen LogP contribution in [-0.4, -0.2) is 15.7 Å². The average molecular weight is 387 g/mol. The second-order valence-corrected chi connectivity index (χ2v) is 10.0. The fraction of sp³-hybridized carbons (Fsp3) is 0.400. The number of imidazole rings is 1. The van der Waals surface area contributed by atoms with Gasteiger partial charge in [-0.1, -0.05) is 36.4 Å². The molecule has 2 fully saturated rings. The molecule has 2 heterocycles. The largest absolute Gasteiger partial charge is 0.341 e. The molecule has 1 aromatic heterocycles. The molecule has 3 heteroatoms. The molecule has 28 heavy (non-hydrogen) atoms. The summed E-state index contributed by atoms with van der Waals surface area (Å²) >= 11 is 2.03. The van der Waals surface area contributed by atoms with Crippen molar-refractivity contribution in [3.8, 4) is 22.4 Å². The second kappa shape index (κ2) is 6.52. The molecule has 2 aromatic carbocycles. The first-order chi connectivity index (χ1) is 13.8. The molecule has 1 saturated heterocycles. The highest BCUT2D eigenvalue weighted by Crippen LogP contribution is 2.56. The first-order valence-corrected chi connectivity index (χ1v) is 11.7. The number of hydrogen-bond acceptors (Lipinski definition) is 2. The van der Waals surface area contributed by atoms with Gasteiger partial charge in [0.15, 0.2) is 0 Å². The van der Waals surface area contributed by atoms with Gasteiger partial charge in [-0.15, -0.1) is 0 Å². The van der Waals surface area contributed by atoms with Gasteiger partial charge in [-0.2, -0.15) is 11.8 Å². The third-order valence-corrected chi connectivity index (χ3v) is 8.48. The number of nitrogens with zero attached hydrogens (tertiary/aromatic N) is 1. The number of nitrogens with one attached hydrogen (secondary N) is 1. The lowest BCUT2D eigenvalue weighted by molar-refractivity contribution is 0.715. The van der Waals surface area contributed by atoms with E-state index in [1.807, 2.05) is 18.0 Å². The van der Waals surface area contributed by atoms with Gasteiger partial charge in [0, 0.05) is 0 Å². The van der Waals surface area contributed by atoms with Gasteiger partial charge in [-0.25, -0.2) is 4.98 Å². The molecule has 2 nitrogen and oxygen atoms in total. The van der Waals surface area contributed by atoms with Crippen molar-refractivity contribution in [3.05, 3.63) is 65.1 Å². The van der Waals surface area contributed by atoms with Crippen molar-refractivity contribution in [2.75, 3.05) is 5.75 Å². The normalized spacial score (nSPS) is 25.4. The molecule has 2 bridgehead atoms. The zero-order valence-electron chi connectivity index (χ0n) is 16.4. The van der Waals surface area contributed by atoms with Crippen LogP contribution in [0.15, 0.2) is 42.6 Å². The molecule has 2 aliphatic carbocycles. The minimum absolute atomic E-state index is 0.554. The topological polar surface area (TPSA) is 28.7 Å². The summed E-state index contributed by atoms with van der Waals surface area (Å²) in [7, 11) is 0. The molecule has 0 spiro atoms. The number of fused-ring (bicyclic) bond motifs is 5. The first-order valence-electron chi connectivity index (χ1n) is 10.7. The molecule has 0 amide bonds. The highest BCUT2D eigenvalue weighted by Gasteiger charge is 2.39. The van der Waals surface area contributed by atoms with Crippen molar-refractivity contribution in [1.82, 2.24) is 9.97 Å². The molecule has 3 atom stereocenters. The molecule has 0 radical (unpaired) electrons. The molecule has 6 rings (SSSR count). The fourth-order valence-electron chi connectivity index (χ4n) is 5.75. The molecule has 3 aliphatic rings. The highest BCUT2D eigenvalue weighted by atomic mass is 32.2. The van der Waals surface area contributed by atoms with E-state index in [1.54, 1.807) is 11.1 Å². The minimum Gasteiger partial charge on any atom is -0.341 e. The van der Waals surface area contributed by atoms with Crippen LogP contribution >= 0.6 is 11.8 Å². The monoisotopic (exact) mass is 386 g/mol. The van der Waals surface area contributed by atoms with Crippen LogP contribution in [0.4, 0.5) is 0 Å². The number of aromatic nitrogens is 2. The average Bonchev–Trinajstić information content (AvgIpc) is 3.53. The van der Waals surface area contributed by atoms with Gasteiger partial charge in [0.2, 0.25) is 0 Å². The van der Waals surface area contributed by atoms with Crippen molar-refractivity contribution < 1.29 is 0 Å². The van der Waals surface area contributed by atoms with Gasteiger partial charge < -0.3 is 4.98 Å². The predicted octanol–water partition coefficient (Wildman–Crippen LogP) is 6.98. The van der Waals surface area contributed by atoms with E-state index < -0.39 is 0 Å². The van der Waals surface area contributed by atoms with Gasteiger partial charge >= 0.3 is 0 Å². The van der Waals surface area contributed by atoms with Crippen molar-refractivity contribution in [1.29, 1.82) is 0 Å². The van der Waals surface area contributed by atoms with E-state index in [-0.39, 0.29) is 0 Å². The van der Waals surface area contributed by atoms with Crippen molar-refractivity contribution in [2.45, 2.75) is 56.1 Å². The summed E-state index contributed by atoms with van der Waals surface area (Å²) in [4.78, 5) is 8.23. The van der Waals surface area contributed by atoms with E-state index in [2.05, 4.69) is 53.3 Å². The molecule has 1 N–H and O–H groups in total. The highest BCUT2D eigenvalue weighted by molar-refractivity contribution is 7.99. The van der Waals surface area contributed by atoms with Crippen LogP contribution in [0.3, 0.4) is 0 Å². The standard InChI is InChI=1S/C25H26N2S/c1-15-4-11-20(24-19-10-9-18(13-19)23(15)24)16-5-7-17(8-6-16)21-14-26-25(27-21)22-3-2-12-28-22/h4-8,11,14,18-19,22H,2-3,9-10,12-13H2,1H3,(H,26,27)/t18?,19?,22-/m1/s1. The lowest BCUT2D eigenvalue weighted by Crippen LogP contribution is -2.02. The minimum atomic E-state index is 0.554. The molecule has 3 aromatic rings. The Kier molecular flexibility index (Phi) is 3.94. The van der Waals surface area contributed by atoms with Crippen LogP contribution in [0.2, 0.25) is 0 Å². The van der Waals surface area contributed by atoms with Crippen molar-refractivity contribution in [2.24, 2.45) is 0 Å². The number of H-pyrrole nitrogens is 1. The molecule has 1 aliphatic heterocycles. The van der Waals surface area contributed by atoms with E-state index in [9.17, 15) is 0 Å². The Hall–Kier alpha value is -2.00. The molecule has 2 unspecified atom stereocenters. The first kappa shape index (κ1) is 16.9. The third-order valence-electron chi connectivity index (χ3n) is 7.09. The summed E-state index contributed by atoms with van der Waals surface area (Å²) < 4.78 is 0. The van der Waals surface area contributed by atoms with Crippen LogP contribution < -0.4 is 0 Å². The van der Waals surface area contributed by atoms with E-state index in [4.69, 9.17) is 0 Å². The quantitative estimate of drug-likeness (QED) is 0.526. The summed E-state index contributed by atoms with van der Waals surface area (Å²) in [6.07, 6.45) is 8.71. The van der Waals surface area contributed by atoms with Gasteiger partial charge in [-0.05, 0) is 90.0 Å². The summed E-state index contributed by atoms with van der Waals surface area (Å²) in [6, 6.07) is 13.8. The Morgan fingerprint density at radius 2 is 1.71 bits per heavy atom. The molecule has 1 saturated carbocycles. The lowest BCUT2D eigenvalue weighted by Gasteiger charge is -2.21. The Bertz CT molecular complexity index is 1030. The maximum atomic E-state index is 4.66. The van der Waals surface area contributed by atoms with Gasteiger partial charge in [-0.3, -0.25) is 0 Å². The Labute approximate surface area is 171 Å². The second-order valence-electron chi connectivity index (χ2n) is 8.73. The number of thioether (sulfide) groups is 1. The summed E-state index contributed by atoms with van der Waals surface area (Å²) in [5, 5.41) is 0.554. The number of rotatable bonds is 3. The van der Waals surface area contributed by atoms with Crippen molar-refractivity contribution >= 4 is 11.8 Å². The molecular weight excluding hydrogens is 360 g/mol. The van der Waals surface area contributed by atoms with Crippen LogP contribution in [0.25, 0.3) is 22.4 Å². The predicted molar refractivity (Wildman–Crippen MR) is 118 cm³/mol. The lowest BCUT2D eigenvalue weighted by atomic mass is 9.83. The van der Waals surface area contributed by atoms with Gasteiger partial charge in [0.25, 0.3) is 0 Å². The SMILES string of the molecule is Cc1ccc(-c2ccc(-c3cnc([C@H]4CCCS4)[nH]3)cc2)c2c1C1CCC2C1. The summed E-state index contributed by atoms with van der Waals surface area (Å²) in [5.74, 6) is 4.01. The summed E-state index contributed by atoms with van der Waals surface area (Å²) in [6.45, 7) is 2.30. The molecule has 142 valence electrons. The number of aryl methyl sites for hydroxylation is 1. The third kappa shape index (κ3) is 2.59. The maximum Gasteiger partial charge on any atom is 0.119 e. The summed E-state index contributed by atoms with van der Waals surface area (Å²) in [5.41, 5.74) is 10.0. The van der Waals surface area contributed by atoms with E-state index in [0.717, 1.165) is 23.4 Å². The van der Waals surface area contributed by atoms with Crippen molar-refractivity contribution in [3.63, 3.8) is 0 Å². The van der Waals surface area contributed by atoms with Crippen LogP contribution in [0.5, 0.6) is 0 Å². The zero-order valence-corrected chi connectivity index (χ0v) is 17.2. The fourth-order valence-corrected chi connectivity index (χ4v) is 6.98. The number of benzene rings is 2. The van der Waals surface area contributed by atoms with E-state index in [1.165, 1.54) is 60.1 Å². The van der Waals surface area contributed by atoms with E-state index in [0.29, 0.717) is 5.25 Å². The van der Waals surface area contributed by atoms with Crippen LogP contribution in [0, 0.1) is 6.92 Å². The molecular formula is C25H26N2S. The maximum absolute atomic E-state index is 4.66. The van der Waals surface area contributed by atoms with Crippen LogP contribution in [0.1, 0.15) is 71.7 Å². The van der Waals surface area contributed by atoms with E-state index >= 15 is 0 Å². The Morgan fingerprint density at radius 1 is 0.929 bits per heavy atom.